The number of hydrogen-bond donors (Lipinski definition) is 1. The Labute approximate surface area is 112 Å². The number of likely N-dealkylation sites (tertiary alicyclic amines) is 1. The van der Waals surface area contributed by atoms with Crippen LogP contribution in [0.3, 0.4) is 0 Å². The highest BCUT2D eigenvalue weighted by atomic mass is 16.2. The molecule has 0 saturated carbocycles. The third kappa shape index (κ3) is 4.27. The lowest BCUT2D eigenvalue weighted by Gasteiger charge is -2.32. The molecule has 2 atom stereocenters. The number of rotatable bonds is 6. The summed E-state index contributed by atoms with van der Waals surface area (Å²) < 4.78 is 0. The van der Waals surface area contributed by atoms with Crippen molar-refractivity contribution in [3.05, 3.63) is 0 Å². The molecule has 0 radical (unpaired) electrons. The summed E-state index contributed by atoms with van der Waals surface area (Å²) in [4.78, 5) is 14.7. The van der Waals surface area contributed by atoms with E-state index in [-0.39, 0.29) is 12.0 Å². The fourth-order valence-electron chi connectivity index (χ4n) is 2.90. The highest BCUT2D eigenvalue weighted by Crippen LogP contribution is 2.22. The first-order valence-electron chi connectivity index (χ1n) is 7.75. The zero-order valence-electron chi connectivity index (χ0n) is 12.2. The number of carbonyl (C=O) groups is 1. The number of hydrogen-bond acceptors (Lipinski definition) is 2. The molecule has 1 saturated heterocycles. The van der Waals surface area contributed by atoms with Crippen LogP contribution < -0.4 is 5.73 Å². The van der Waals surface area contributed by atoms with E-state index in [0.717, 1.165) is 38.6 Å². The minimum atomic E-state index is 0.220. The molecule has 0 bridgehead atoms. The highest BCUT2D eigenvalue weighted by molar-refractivity contribution is 5.79. The second-order valence-electron chi connectivity index (χ2n) is 5.52. The van der Waals surface area contributed by atoms with E-state index in [0.29, 0.717) is 12.5 Å². The van der Waals surface area contributed by atoms with Crippen molar-refractivity contribution in [2.75, 3.05) is 13.1 Å². The van der Waals surface area contributed by atoms with Crippen molar-refractivity contribution in [2.24, 2.45) is 11.7 Å². The predicted octanol–water partition coefficient (Wildman–Crippen LogP) is 2.93. The number of unbranched alkanes of at least 4 members (excludes halogenated alkanes) is 1. The molecule has 0 spiro atoms. The first-order valence-corrected chi connectivity index (χ1v) is 7.75. The van der Waals surface area contributed by atoms with Crippen molar-refractivity contribution in [3.8, 4) is 0 Å². The van der Waals surface area contributed by atoms with Gasteiger partial charge >= 0.3 is 0 Å². The molecular weight excluding hydrogens is 224 g/mol. The summed E-state index contributed by atoms with van der Waals surface area (Å²) in [5, 5.41) is 0. The molecule has 3 heteroatoms. The summed E-state index contributed by atoms with van der Waals surface area (Å²) in [6.45, 7) is 5.86. The van der Waals surface area contributed by atoms with Gasteiger partial charge in [0.1, 0.15) is 0 Å². The molecule has 1 rings (SSSR count). The van der Waals surface area contributed by atoms with Crippen molar-refractivity contribution in [3.63, 3.8) is 0 Å². The molecule has 0 aromatic rings. The largest absolute Gasteiger partial charge is 0.338 e. The van der Waals surface area contributed by atoms with Crippen molar-refractivity contribution in [1.29, 1.82) is 0 Å². The summed E-state index contributed by atoms with van der Waals surface area (Å²) in [5.74, 6) is 0.584. The SMILES string of the molecule is CCCCC(CC)C(=O)N1CCCCCC1CN. The number of nitrogens with two attached hydrogens (primary N) is 1. The molecule has 3 nitrogen and oxygen atoms in total. The first-order chi connectivity index (χ1) is 8.74. The molecule has 0 aliphatic carbocycles. The van der Waals surface area contributed by atoms with Gasteiger partial charge in [0.2, 0.25) is 5.91 Å². The molecule has 18 heavy (non-hydrogen) atoms. The highest BCUT2D eigenvalue weighted by Gasteiger charge is 2.28. The zero-order valence-corrected chi connectivity index (χ0v) is 12.2. The molecule has 0 aromatic heterocycles. The second-order valence-corrected chi connectivity index (χ2v) is 5.52. The van der Waals surface area contributed by atoms with Gasteiger partial charge < -0.3 is 10.6 Å². The van der Waals surface area contributed by atoms with Gasteiger partial charge in [0.15, 0.2) is 0 Å². The van der Waals surface area contributed by atoms with E-state index in [1.807, 2.05) is 0 Å². The lowest BCUT2D eigenvalue weighted by molar-refractivity contribution is -0.138. The Morgan fingerprint density at radius 3 is 2.72 bits per heavy atom. The minimum absolute atomic E-state index is 0.220. The van der Waals surface area contributed by atoms with Crippen molar-refractivity contribution >= 4 is 5.91 Å². The van der Waals surface area contributed by atoms with Gasteiger partial charge in [-0.25, -0.2) is 0 Å². The van der Waals surface area contributed by atoms with Crippen LogP contribution in [0.2, 0.25) is 0 Å². The van der Waals surface area contributed by atoms with Crippen LogP contribution in [0.1, 0.15) is 65.2 Å². The molecular formula is C15H30N2O. The van der Waals surface area contributed by atoms with Crippen molar-refractivity contribution in [2.45, 2.75) is 71.3 Å². The maximum atomic E-state index is 12.6. The van der Waals surface area contributed by atoms with E-state index in [9.17, 15) is 4.79 Å². The Balaban J connectivity index is 2.64. The topological polar surface area (TPSA) is 46.3 Å². The van der Waals surface area contributed by atoms with Gasteiger partial charge in [-0.3, -0.25) is 4.79 Å². The van der Waals surface area contributed by atoms with E-state index in [4.69, 9.17) is 5.73 Å². The third-order valence-corrected chi connectivity index (χ3v) is 4.18. The average Bonchev–Trinajstić information content (AvgIpc) is 2.64. The fraction of sp³-hybridized carbons (Fsp3) is 0.933. The van der Waals surface area contributed by atoms with Crippen molar-refractivity contribution in [1.82, 2.24) is 4.90 Å². The number of carbonyl (C=O) groups excluding carboxylic acids is 1. The number of nitrogens with zero attached hydrogens (tertiary/aromatic N) is 1. The third-order valence-electron chi connectivity index (χ3n) is 4.18. The summed E-state index contributed by atoms with van der Waals surface area (Å²) in [5.41, 5.74) is 5.85. The Hall–Kier alpha value is -0.570. The summed E-state index contributed by atoms with van der Waals surface area (Å²) in [6, 6.07) is 0.288. The van der Waals surface area contributed by atoms with Gasteiger partial charge in [-0.1, -0.05) is 39.5 Å². The van der Waals surface area contributed by atoms with Gasteiger partial charge in [0.05, 0.1) is 0 Å². The monoisotopic (exact) mass is 254 g/mol. The Kier molecular flexibility index (Phi) is 7.33. The zero-order chi connectivity index (χ0) is 13.4. The van der Waals surface area contributed by atoms with Crippen LogP contribution >= 0.6 is 0 Å². The molecule has 1 aliphatic heterocycles. The summed E-state index contributed by atoms with van der Waals surface area (Å²) >= 11 is 0. The molecule has 1 amide bonds. The van der Waals surface area contributed by atoms with Crippen LogP contribution in [0.15, 0.2) is 0 Å². The maximum absolute atomic E-state index is 12.6. The Morgan fingerprint density at radius 2 is 2.11 bits per heavy atom. The molecule has 2 unspecified atom stereocenters. The lowest BCUT2D eigenvalue weighted by atomic mass is 9.96. The molecule has 106 valence electrons. The van der Waals surface area contributed by atoms with E-state index in [1.165, 1.54) is 19.3 Å². The maximum Gasteiger partial charge on any atom is 0.225 e. The normalized spacial score (nSPS) is 22.6. The molecule has 2 N–H and O–H groups in total. The van der Waals surface area contributed by atoms with Crippen LogP contribution in [-0.4, -0.2) is 29.9 Å². The second kappa shape index (κ2) is 8.52. The van der Waals surface area contributed by atoms with Gasteiger partial charge in [-0.2, -0.15) is 0 Å². The van der Waals surface area contributed by atoms with Gasteiger partial charge in [-0.15, -0.1) is 0 Å². The average molecular weight is 254 g/mol. The molecule has 1 fully saturated rings. The number of amides is 1. The van der Waals surface area contributed by atoms with Gasteiger partial charge in [0, 0.05) is 25.0 Å². The van der Waals surface area contributed by atoms with E-state index in [2.05, 4.69) is 18.7 Å². The van der Waals surface area contributed by atoms with Crippen LogP contribution in [0.25, 0.3) is 0 Å². The minimum Gasteiger partial charge on any atom is -0.338 e. The fourth-order valence-corrected chi connectivity index (χ4v) is 2.90. The quantitative estimate of drug-likeness (QED) is 0.792. The first kappa shape index (κ1) is 15.5. The smallest absolute Gasteiger partial charge is 0.225 e. The van der Waals surface area contributed by atoms with Gasteiger partial charge in [0.25, 0.3) is 0 Å². The van der Waals surface area contributed by atoms with Crippen LogP contribution in [0.4, 0.5) is 0 Å². The summed E-state index contributed by atoms with van der Waals surface area (Å²) in [7, 11) is 0. The van der Waals surface area contributed by atoms with Gasteiger partial charge in [-0.05, 0) is 25.7 Å². The van der Waals surface area contributed by atoms with Crippen molar-refractivity contribution < 1.29 is 4.79 Å². The molecule has 1 heterocycles. The van der Waals surface area contributed by atoms with Crippen LogP contribution in [0.5, 0.6) is 0 Å². The standard InChI is InChI=1S/C15H30N2O/c1-3-5-9-13(4-2)15(18)17-11-8-6-7-10-14(17)12-16/h13-14H,3-12,16H2,1-2H3. The van der Waals surface area contributed by atoms with E-state index >= 15 is 0 Å². The molecule has 1 aliphatic rings. The van der Waals surface area contributed by atoms with Crippen LogP contribution in [0, 0.1) is 5.92 Å². The predicted molar refractivity (Wildman–Crippen MR) is 76.3 cm³/mol. The summed E-state index contributed by atoms with van der Waals surface area (Å²) in [6.07, 6.45) is 9.03. The Bertz CT molecular complexity index is 243. The Morgan fingerprint density at radius 1 is 1.33 bits per heavy atom. The molecule has 0 aromatic carbocycles. The lowest BCUT2D eigenvalue weighted by Crippen LogP contribution is -2.46. The van der Waals surface area contributed by atoms with E-state index < -0.39 is 0 Å². The van der Waals surface area contributed by atoms with E-state index in [1.54, 1.807) is 0 Å². The van der Waals surface area contributed by atoms with Crippen LogP contribution in [-0.2, 0) is 4.79 Å².